The maximum atomic E-state index is 12.2. The molecule has 0 spiro atoms. The van der Waals surface area contributed by atoms with Gasteiger partial charge < -0.3 is 50.6 Å². The zero-order valence-electron chi connectivity index (χ0n) is 29.8. The molecule has 0 saturated heterocycles. The van der Waals surface area contributed by atoms with Crippen LogP contribution in [0.3, 0.4) is 0 Å². The molecule has 2 aromatic carbocycles. The molecule has 18 nitrogen and oxygen atoms in total. The standard InChI is InChI=1S/2C17H20N4O5.2Na/c2*22-15(20-14(17(25)26)6-13-7-18-11-19-13)9-21(10-16(23)24)8-12-4-2-1-3-5-12;;/h2*1-5,7,11,14H,6,8-10H2,(H,18,19)(H,20,22)(H,23,24)(H,25,26);;/q;;2*+1/p-2/t2*14-;;/m00../s1. The summed E-state index contributed by atoms with van der Waals surface area (Å²) in [5, 5.41) is 45.3. The van der Waals surface area contributed by atoms with Gasteiger partial charge in [0.1, 0.15) is 0 Å². The van der Waals surface area contributed by atoms with Gasteiger partial charge in [-0.3, -0.25) is 29.0 Å². The number of carbonyl (C=O) groups excluding carboxylic acids is 4. The molecule has 0 aliphatic rings. The Labute approximate surface area is 354 Å². The van der Waals surface area contributed by atoms with Gasteiger partial charge >= 0.3 is 71.1 Å². The Morgan fingerprint density at radius 3 is 1.24 bits per heavy atom. The van der Waals surface area contributed by atoms with Crippen molar-refractivity contribution in [1.29, 1.82) is 0 Å². The largest absolute Gasteiger partial charge is 1.00 e. The van der Waals surface area contributed by atoms with Gasteiger partial charge in [0.15, 0.2) is 0 Å². The number of hydrogen-bond donors (Lipinski definition) is 6. The van der Waals surface area contributed by atoms with Crippen LogP contribution in [0.4, 0.5) is 0 Å². The minimum absolute atomic E-state index is 0. The van der Waals surface area contributed by atoms with Crippen LogP contribution in [0.2, 0.25) is 0 Å². The third-order valence-corrected chi connectivity index (χ3v) is 7.15. The van der Waals surface area contributed by atoms with Crippen molar-refractivity contribution < 1.29 is 108 Å². The second-order valence-electron chi connectivity index (χ2n) is 11.5. The van der Waals surface area contributed by atoms with E-state index in [2.05, 4.69) is 30.6 Å². The Morgan fingerprint density at radius 2 is 0.963 bits per heavy atom. The fraction of sp³-hybridized carbons (Fsp3) is 0.294. The average Bonchev–Trinajstić information content (AvgIpc) is 3.79. The third kappa shape index (κ3) is 19.1. The van der Waals surface area contributed by atoms with Crippen molar-refractivity contribution in [2.75, 3.05) is 26.2 Å². The van der Waals surface area contributed by atoms with Crippen LogP contribution in [0.5, 0.6) is 0 Å². The van der Waals surface area contributed by atoms with Crippen LogP contribution in [0.25, 0.3) is 0 Å². The van der Waals surface area contributed by atoms with Crippen LogP contribution < -0.4 is 80.0 Å². The van der Waals surface area contributed by atoms with Crippen molar-refractivity contribution in [2.45, 2.75) is 38.0 Å². The van der Waals surface area contributed by atoms with E-state index < -0.39 is 47.8 Å². The number of aromatic nitrogens is 4. The Hall–Kier alpha value is -4.40. The number of amides is 2. The van der Waals surface area contributed by atoms with Crippen LogP contribution in [0.15, 0.2) is 85.7 Å². The molecule has 54 heavy (non-hydrogen) atoms. The summed E-state index contributed by atoms with van der Waals surface area (Å²) in [4.78, 5) is 84.9. The summed E-state index contributed by atoms with van der Waals surface area (Å²) < 4.78 is 0. The van der Waals surface area contributed by atoms with Crippen molar-refractivity contribution in [3.63, 3.8) is 0 Å². The van der Waals surface area contributed by atoms with Gasteiger partial charge in [0.05, 0.1) is 62.9 Å². The van der Waals surface area contributed by atoms with E-state index in [0.717, 1.165) is 11.1 Å². The van der Waals surface area contributed by atoms with Crippen molar-refractivity contribution >= 4 is 35.7 Å². The molecular formula is C34H38N8Na2O10. The topological polar surface area (TPSA) is 277 Å². The predicted molar refractivity (Wildman–Crippen MR) is 177 cm³/mol. The Morgan fingerprint density at radius 1 is 0.611 bits per heavy atom. The molecule has 0 aliphatic carbocycles. The summed E-state index contributed by atoms with van der Waals surface area (Å²) in [5.41, 5.74) is 2.75. The minimum atomic E-state index is -1.43. The van der Waals surface area contributed by atoms with Crippen LogP contribution in [0, 0.1) is 0 Å². The zero-order valence-corrected chi connectivity index (χ0v) is 33.8. The molecule has 0 saturated carbocycles. The number of H-pyrrole nitrogens is 2. The van der Waals surface area contributed by atoms with Gasteiger partial charge in [-0.25, -0.2) is 9.97 Å². The van der Waals surface area contributed by atoms with E-state index in [4.69, 9.17) is 10.2 Å². The number of aliphatic carboxylic acids is 4. The third-order valence-electron chi connectivity index (χ3n) is 7.15. The normalized spacial score (nSPS) is 11.4. The Bertz CT molecular complexity index is 1610. The second-order valence-corrected chi connectivity index (χ2v) is 11.5. The van der Waals surface area contributed by atoms with E-state index in [1.807, 2.05) is 60.7 Å². The van der Waals surface area contributed by atoms with Crippen molar-refractivity contribution in [3.8, 4) is 0 Å². The quantitative estimate of drug-likeness (QED) is 0.0457. The van der Waals surface area contributed by atoms with E-state index in [1.165, 1.54) is 34.8 Å². The predicted octanol–water partition coefficient (Wildman–Crippen LogP) is -8.44. The number of carbonyl (C=O) groups is 6. The zero-order chi connectivity index (χ0) is 37.9. The summed E-state index contributed by atoms with van der Waals surface area (Å²) in [6.45, 7) is -0.714. The van der Waals surface area contributed by atoms with E-state index in [1.54, 1.807) is 0 Å². The second kappa shape index (κ2) is 25.6. The van der Waals surface area contributed by atoms with E-state index in [0.29, 0.717) is 11.4 Å². The first-order chi connectivity index (χ1) is 24.9. The first-order valence-electron chi connectivity index (χ1n) is 15.8. The minimum Gasteiger partial charge on any atom is -0.548 e. The van der Waals surface area contributed by atoms with Crippen molar-refractivity contribution in [3.05, 3.63) is 108 Å². The number of benzene rings is 2. The molecule has 276 valence electrons. The van der Waals surface area contributed by atoms with Gasteiger partial charge in [0.25, 0.3) is 0 Å². The maximum Gasteiger partial charge on any atom is 1.00 e. The molecule has 0 aliphatic heterocycles. The summed E-state index contributed by atoms with van der Waals surface area (Å²) >= 11 is 0. The SMILES string of the molecule is O=C(O)CN(CC(=O)N[C@@H](Cc1cnc[nH]1)C(=O)[O-])Cc1ccccc1.O=C(O)CN(CC(=O)N[C@@H](Cc1cnc[nH]1)C(=O)[O-])Cc1ccccc1.[Na+].[Na+]. The number of imidazole rings is 2. The van der Waals surface area contributed by atoms with Gasteiger partial charge in [-0.2, -0.15) is 0 Å². The smallest absolute Gasteiger partial charge is 0.548 e. The summed E-state index contributed by atoms with van der Waals surface area (Å²) in [5.74, 6) is -6.22. The van der Waals surface area contributed by atoms with Crippen molar-refractivity contribution in [2.24, 2.45) is 0 Å². The fourth-order valence-electron chi connectivity index (χ4n) is 4.91. The van der Waals surface area contributed by atoms with Crippen LogP contribution >= 0.6 is 0 Å². The fourth-order valence-corrected chi connectivity index (χ4v) is 4.91. The van der Waals surface area contributed by atoms with Gasteiger partial charge in [-0.1, -0.05) is 60.7 Å². The molecule has 0 unspecified atom stereocenters. The number of hydrogen-bond acceptors (Lipinski definition) is 12. The van der Waals surface area contributed by atoms with Gasteiger partial charge in [-0.05, 0) is 11.1 Å². The summed E-state index contributed by atoms with van der Waals surface area (Å²) in [6, 6.07) is 15.7. The average molecular weight is 765 g/mol. The molecule has 0 bridgehead atoms. The monoisotopic (exact) mass is 764 g/mol. The van der Waals surface area contributed by atoms with E-state index in [-0.39, 0.29) is 111 Å². The van der Waals surface area contributed by atoms with Crippen molar-refractivity contribution in [1.82, 2.24) is 40.4 Å². The molecule has 4 aromatic rings. The molecule has 2 aromatic heterocycles. The molecule has 0 radical (unpaired) electrons. The molecule has 4 rings (SSSR count). The molecule has 0 fully saturated rings. The number of nitrogens with one attached hydrogen (secondary N) is 4. The molecule has 2 atom stereocenters. The van der Waals surface area contributed by atoms with Crippen LogP contribution in [-0.2, 0) is 54.7 Å². The molecule has 2 heterocycles. The molecule has 20 heteroatoms. The number of nitrogens with zero attached hydrogens (tertiary/aromatic N) is 4. The van der Waals surface area contributed by atoms with Crippen LogP contribution in [-0.4, -0.2) is 114 Å². The number of carboxylic acid groups (broad SMARTS) is 4. The molecule has 6 N–H and O–H groups in total. The van der Waals surface area contributed by atoms with Gasteiger partial charge in [-0.15, -0.1) is 0 Å². The molecular weight excluding hydrogens is 726 g/mol. The first-order valence-corrected chi connectivity index (χ1v) is 15.8. The molecule has 2 amide bonds. The first kappa shape index (κ1) is 47.6. The van der Waals surface area contributed by atoms with Gasteiger partial charge in [0, 0.05) is 49.7 Å². The summed E-state index contributed by atoms with van der Waals surface area (Å²) in [7, 11) is 0. The maximum absolute atomic E-state index is 12.2. The number of rotatable bonds is 20. The Balaban J connectivity index is 0.000000521. The van der Waals surface area contributed by atoms with Gasteiger partial charge in [0.2, 0.25) is 11.8 Å². The van der Waals surface area contributed by atoms with Crippen LogP contribution in [0.1, 0.15) is 22.5 Å². The number of carboxylic acids is 4. The number of aromatic amines is 2. The van der Waals surface area contributed by atoms with E-state index in [9.17, 15) is 39.0 Å². The van der Waals surface area contributed by atoms with E-state index >= 15 is 0 Å². The Kier molecular flexibility index (Phi) is 22.6. The summed E-state index contributed by atoms with van der Waals surface area (Å²) in [6.07, 6.45) is 5.69.